The molecule has 5 nitrogen and oxygen atoms in total. The lowest BCUT2D eigenvalue weighted by molar-refractivity contribution is -0.137. The zero-order valence-electron chi connectivity index (χ0n) is 10.9. The number of nitrogens with zero attached hydrogens (tertiary/aromatic N) is 1. The Kier molecular flexibility index (Phi) is 4.02. The molecule has 0 spiro atoms. The van der Waals surface area contributed by atoms with Gasteiger partial charge in [-0.2, -0.15) is 0 Å². The highest BCUT2D eigenvalue weighted by atomic mass is 16.3. The van der Waals surface area contributed by atoms with Crippen molar-refractivity contribution in [2.75, 3.05) is 13.6 Å². The number of likely N-dealkylation sites (tertiary alicyclic amines) is 1. The second-order valence-corrected chi connectivity index (χ2v) is 5.57. The van der Waals surface area contributed by atoms with E-state index in [0.717, 1.165) is 30.6 Å². The lowest BCUT2D eigenvalue weighted by Crippen LogP contribution is -2.46. The Morgan fingerprint density at radius 2 is 1.89 bits per heavy atom. The fourth-order valence-electron chi connectivity index (χ4n) is 2.79. The van der Waals surface area contributed by atoms with Crippen molar-refractivity contribution in [2.24, 2.45) is 0 Å². The van der Waals surface area contributed by atoms with Crippen molar-refractivity contribution in [1.82, 2.24) is 10.2 Å². The highest BCUT2D eigenvalue weighted by molar-refractivity contribution is 6.05. The largest absolute Gasteiger partial charge is 0.389 e. The molecule has 2 fully saturated rings. The van der Waals surface area contributed by atoms with E-state index < -0.39 is 11.6 Å². The number of rotatable bonds is 3. The van der Waals surface area contributed by atoms with Gasteiger partial charge in [0.05, 0.1) is 18.1 Å². The van der Waals surface area contributed by atoms with Crippen LogP contribution in [0.5, 0.6) is 0 Å². The van der Waals surface area contributed by atoms with Gasteiger partial charge >= 0.3 is 0 Å². The van der Waals surface area contributed by atoms with Gasteiger partial charge in [0.2, 0.25) is 11.8 Å². The van der Waals surface area contributed by atoms with Gasteiger partial charge in [0.1, 0.15) is 0 Å². The highest BCUT2D eigenvalue weighted by Crippen LogP contribution is 2.26. The molecule has 5 heteroatoms. The Hall–Kier alpha value is -0.940. The number of carbonyl (C=O) groups excluding carboxylic acids is 2. The maximum absolute atomic E-state index is 11.7. The molecule has 1 aliphatic carbocycles. The first-order valence-electron chi connectivity index (χ1n) is 6.78. The SMILES string of the molecule is CN1C(=O)CC(NCC2(O)CCCCCC2)C1=O. The van der Waals surface area contributed by atoms with Gasteiger partial charge in [-0.05, 0) is 12.8 Å². The number of aliphatic hydroxyl groups is 1. The van der Waals surface area contributed by atoms with Gasteiger partial charge in [0.25, 0.3) is 0 Å². The molecule has 2 aliphatic rings. The van der Waals surface area contributed by atoms with Crippen LogP contribution in [0.25, 0.3) is 0 Å². The van der Waals surface area contributed by atoms with E-state index in [2.05, 4.69) is 5.32 Å². The zero-order chi connectivity index (χ0) is 13.2. The minimum atomic E-state index is -0.707. The number of likely N-dealkylation sites (N-methyl/N-ethyl adjacent to an activating group) is 1. The quantitative estimate of drug-likeness (QED) is 0.565. The minimum Gasteiger partial charge on any atom is -0.389 e. The van der Waals surface area contributed by atoms with Crippen molar-refractivity contribution in [1.29, 1.82) is 0 Å². The van der Waals surface area contributed by atoms with Gasteiger partial charge in [-0.1, -0.05) is 25.7 Å². The summed E-state index contributed by atoms with van der Waals surface area (Å²) in [5.74, 6) is -0.331. The standard InChI is InChI=1S/C13H22N2O3/c1-15-11(16)8-10(12(15)17)14-9-13(18)6-4-2-3-5-7-13/h10,14,18H,2-9H2,1H3. The molecule has 1 unspecified atom stereocenters. The molecule has 0 aromatic carbocycles. The van der Waals surface area contributed by atoms with E-state index in [1.165, 1.54) is 19.9 Å². The van der Waals surface area contributed by atoms with E-state index in [1.54, 1.807) is 0 Å². The monoisotopic (exact) mass is 254 g/mol. The predicted molar refractivity (Wildman–Crippen MR) is 66.8 cm³/mol. The summed E-state index contributed by atoms with van der Waals surface area (Å²) in [5.41, 5.74) is -0.707. The predicted octanol–water partition coefficient (Wildman–Crippen LogP) is 0.419. The summed E-state index contributed by atoms with van der Waals surface area (Å²) < 4.78 is 0. The van der Waals surface area contributed by atoms with Crippen LogP contribution in [0.2, 0.25) is 0 Å². The molecule has 2 rings (SSSR count). The second kappa shape index (κ2) is 5.36. The number of carbonyl (C=O) groups is 2. The molecule has 0 bridgehead atoms. The summed E-state index contributed by atoms with van der Waals surface area (Å²) in [6.45, 7) is 0.407. The van der Waals surface area contributed by atoms with Crippen molar-refractivity contribution in [2.45, 2.75) is 56.6 Å². The lowest BCUT2D eigenvalue weighted by Gasteiger charge is -2.28. The minimum absolute atomic E-state index is 0.148. The number of imide groups is 1. The lowest BCUT2D eigenvalue weighted by atomic mass is 9.94. The molecule has 2 amide bonds. The number of nitrogens with one attached hydrogen (secondary N) is 1. The van der Waals surface area contributed by atoms with E-state index in [1.807, 2.05) is 0 Å². The molecule has 0 aromatic heterocycles. The Morgan fingerprint density at radius 1 is 1.28 bits per heavy atom. The summed E-state index contributed by atoms with van der Waals surface area (Å²) in [6, 6.07) is -0.449. The summed E-state index contributed by atoms with van der Waals surface area (Å²) in [6.07, 6.45) is 6.20. The summed E-state index contributed by atoms with van der Waals surface area (Å²) in [5, 5.41) is 13.5. The molecule has 1 atom stereocenters. The molecule has 2 N–H and O–H groups in total. The first kappa shape index (κ1) is 13.5. The Bertz CT molecular complexity index is 335. The smallest absolute Gasteiger partial charge is 0.246 e. The molecular weight excluding hydrogens is 232 g/mol. The van der Waals surface area contributed by atoms with Crippen LogP contribution in [0.3, 0.4) is 0 Å². The van der Waals surface area contributed by atoms with Gasteiger partial charge in [-0.3, -0.25) is 14.5 Å². The highest BCUT2D eigenvalue weighted by Gasteiger charge is 2.37. The van der Waals surface area contributed by atoms with E-state index in [9.17, 15) is 14.7 Å². The van der Waals surface area contributed by atoms with Crippen LogP contribution in [0.15, 0.2) is 0 Å². The zero-order valence-corrected chi connectivity index (χ0v) is 10.9. The molecule has 102 valence electrons. The Balaban J connectivity index is 1.87. The van der Waals surface area contributed by atoms with Gasteiger partial charge < -0.3 is 10.4 Å². The third-order valence-electron chi connectivity index (χ3n) is 4.09. The van der Waals surface area contributed by atoms with Crippen molar-refractivity contribution >= 4 is 11.8 Å². The van der Waals surface area contributed by atoms with Crippen LogP contribution in [-0.4, -0.2) is 47.1 Å². The van der Waals surface area contributed by atoms with Crippen LogP contribution in [0.1, 0.15) is 44.9 Å². The number of hydrogen-bond acceptors (Lipinski definition) is 4. The molecule has 0 radical (unpaired) electrons. The van der Waals surface area contributed by atoms with Gasteiger partial charge in [0, 0.05) is 13.6 Å². The van der Waals surface area contributed by atoms with Gasteiger partial charge in [-0.25, -0.2) is 0 Å². The molecule has 1 saturated heterocycles. The summed E-state index contributed by atoms with van der Waals surface area (Å²) in [7, 11) is 1.51. The average Bonchev–Trinajstić information content (AvgIpc) is 2.54. The topological polar surface area (TPSA) is 69.6 Å². The normalized spacial score (nSPS) is 28.6. The maximum atomic E-state index is 11.7. The van der Waals surface area contributed by atoms with Crippen molar-refractivity contribution < 1.29 is 14.7 Å². The Labute approximate surface area is 108 Å². The molecule has 1 saturated carbocycles. The van der Waals surface area contributed by atoms with Crippen molar-refractivity contribution in [3.63, 3.8) is 0 Å². The first-order valence-corrected chi connectivity index (χ1v) is 6.78. The third kappa shape index (κ3) is 2.90. The van der Waals surface area contributed by atoms with Gasteiger partial charge in [0.15, 0.2) is 0 Å². The molecule has 18 heavy (non-hydrogen) atoms. The van der Waals surface area contributed by atoms with E-state index in [4.69, 9.17) is 0 Å². The first-order chi connectivity index (χ1) is 8.52. The second-order valence-electron chi connectivity index (χ2n) is 5.57. The van der Waals surface area contributed by atoms with E-state index in [0.29, 0.717) is 6.54 Å². The number of amides is 2. The molecule has 1 heterocycles. The summed E-state index contributed by atoms with van der Waals surface area (Å²) in [4.78, 5) is 24.3. The maximum Gasteiger partial charge on any atom is 0.246 e. The molecule has 0 aromatic rings. The third-order valence-corrected chi connectivity index (χ3v) is 4.09. The number of hydrogen-bond donors (Lipinski definition) is 2. The molecular formula is C13H22N2O3. The molecule has 1 aliphatic heterocycles. The van der Waals surface area contributed by atoms with Crippen LogP contribution >= 0.6 is 0 Å². The van der Waals surface area contributed by atoms with Gasteiger partial charge in [-0.15, -0.1) is 0 Å². The van der Waals surface area contributed by atoms with Crippen LogP contribution in [0, 0.1) is 0 Å². The fraction of sp³-hybridized carbons (Fsp3) is 0.846. The Morgan fingerprint density at radius 3 is 2.39 bits per heavy atom. The van der Waals surface area contributed by atoms with Crippen molar-refractivity contribution in [3.8, 4) is 0 Å². The van der Waals surface area contributed by atoms with Crippen molar-refractivity contribution in [3.05, 3.63) is 0 Å². The van der Waals surface area contributed by atoms with Crippen LogP contribution < -0.4 is 5.32 Å². The fourth-order valence-corrected chi connectivity index (χ4v) is 2.79. The van der Waals surface area contributed by atoms with E-state index in [-0.39, 0.29) is 18.2 Å². The average molecular weight is 254 g/mol. The van der Waals surface area contributed by atoms with Crippen LogP contribution in [0.4, 0.5) is 0 Å². The van der Waals surface area contributed by atoms with Crippen LogP contribution in [-0.2, 0) is 9.59 Å². The van der Waals surface area contributed by atoms with E-state index >= 15 is 0 Å². The summed E-state index contributed by atoms with van der Waals surface area (Å²) >= 11 is 0.